The number of hydrogen-bond donors (Lipinski definition) is 6. The van der Waals surface area contributed by atoms with Crippen LogP contribution in [0.1, 0.15) is 0 Å². The van der Waals surface area contributed by atoms with Crippen LogP contribution in [0.2, 0.25) is 0 Å². The number of phenolic OH excluding ortho intramolecular Hbond substituents is 6. The second-order valence-electron chi connectivity index (χ2n) is 18.8. The SMILES string of the molecule is Oc1c(O)c2c3c(c1c1cc4ccccc4cc21)=CC1C=c2cc4c(cc2=CC1C=3)c1c(O)c(O)c4c2cc3cc4cc5c(cc4cc3cc21)c1c(O)c(O)c5c2cc3ccccc3cc21. The van der Waals surface area contributed by atoms with E-state index < -0.39 is 0 Å². The fraction of sp³-hybridized carbons (Fsp3) is 0.0333. The van der Waals surface area contributed by atoms with E-state index in [-0.39, 0.29) is 46.3 Å². The summed E-state index contributed by atoms with van der Waals surface area (Å²) in [6.07, 6.45) is 8.96. The van der Waals surface area contributed by atoms with Crippen molar-refractivity contribution in [2.75, 3.05) is 0 Å². The minimum atomic E-state index is -0.137. The molecule has 17 aromatic rings. The Balaban J connectivity index is 0.920. The van der Waals surface area contributed by atoms with Gasteiger partial charge in [0.2, 0.25) is 0 Å². The minimum absolute atomic E-state index is 0.0206. The molecule has 6 nitrogen and oxygen atoms in total. The molecule has 0 saturated carbocycles. The number of fused-ring (bicyclic) bond motifs is 9. The van der Waals surface area contributed by atoms with E-state index in [1.807, 2.05) is 24.3 Å². The lowest BCUT2D eigenvalue weighted by molar-refractivity contribution is 0.411. The summed E-state index contributed by atoms with van der Waals surface area (Å²) in [7, 11) is 0. The molecule has 308 valence electrons. The molecule has 0 fully saturated rings. The average Bonchev–Trinajstić information content (AvgIpc) is 3.32. The highest BCUT2D eigenvalue weighted by atomic mass is 16.3. The van der Waals surface area contributed by atoms with Gasteiger partial charge in [0.05, 0.1) is 0 Å². The topological polar surface area (TPSA) is 121 Å². The number of aromatic hydroxyl groups is 6. The van der Waals surface area contributed by atoms with Gasteiger partial charge in [-0.2, -0.15) is 0 Å². The van der Waals surface area contributed by atoms with Crippen molar-refractivity contribution < 1.29 is 30.6 Å². The first-order chi connectivity index (χ1) is 32.2. The van der Waals surface area contributed by atoms with Gasteiger partial charge in [0.15, 0.2) is 34.5 Å². The van der Waals surface area contributed by atoms with Gasteiger partial charge in [-0.25, -0.2) is 0 Å². The number of benzene rings is 17. The summed E-state index contributed by atoms with van der Waals surface area (Å²) in [4.78, 5) is 0. The highest BCUT2D eigenvalue weighted by Crippen LogP contribution is 2.54. The Labute approximate surface area is 371 Å². The maximum Gasteiger partial charge on any atom is 0.166 e. The fourth-order valence-electron chi connectivity index (χ4n) is 12.6. The first kappa shape index (κ1) is 34.7. The van der Waals surface area contributed by atoms with Crippen LogP contribution < -0.4 is 20.9 Å². The van der Waals surface area contributed by atoms with Crippen molar-refractivity contribution in [2.45, 2.75) is 0 Å². The molecule has 6 heteroatoms. The fourth-order valence-corrected chi connectivity index (χ4v) is 12.6. The van der Waals surface area contributed by atoms with E-state index in [9.17, 15) is 30.6 Å². The van der Waals surface area contributed by atoms with Gasteiger partial charge in [-0.1, -0.05) is 72.8 Å². The van der Waals surface area contributed by atoms with E-state index in [1.54, 1.807) is 0 Å². The lowest BCUT2D eigenvalue weighted by atomic mass is 9.78. The molecule has 0 aliphatic heterocycles. The molecule has 0 heterocycles. The van der Waals surface area contributed by atoms with Crippen LogP contribution in [-0.4, -0.2) is 30.6 Å². The third kappa shape index (κ3) is 4.02. The molecular formula is C60H32O6. The summed E-state index contributed by atoms with van der Waals surface area (Å²) >= 11 is 0. The zero-order valence-corrected chi connectivity index (χ0v) is 34.7. The van der Waals surface area contributed by atoms with Crippen molar-refractivity contribution in [2.24, 2.45) is 11.8 Å². The second kappa shape index (κ2) is 11.3. The Hall–Kier alpha value is -8.74. The summed E-state index contributed by atoms with van der Waals surface area (Å²) < 4.78 is 0. The molecule has 0 amide bonds. The van der Waals surface area contributed by atoms with Gasteiger partial charge in [0.1, 0.15) is 0 Å². The monoisotopic (exact) mass is 848 g/mol. The van der Waals surface area contributed by atoms with Crippen molar-refractivity contribution in [3.8, 4) is 34.5 Å². The normalized spacial score (nSPS) is 16.1. The molecule has 2 aliphatic rings. The largest absolute Gasteiger partial charge is 0.504 e. The molecule has 6 bridgehead atoms. The summed E-state index contributed by atoms with van der Waals surface area (Å²) in [5, 5.41) is 93.4. The van der Waals surface area contributed by atoms with Gasteiger partial charge in [0.25, 0.3) is 0 Å². The van der Waals surface area contributed by atoms with Crippen LogP contribution in [0.25, 0.3) is 154 Å². The molecule has 0 radical (unpaired) electrons. The molecule has 0 saturated heterocycles. The molecule has 17 aromatic carbocycles. The minimum Gasteiger partial charge on any atom is -0.504 e. The third-order valence-corrected chi connectivity index (χ3v) is 15.6. The smallest absolute Gasteiger partial charge is 0.166 e. The van der Waals surface area contributed by atoms with E-state index >= 15 is 0 Å². The molecule has 0 aromatic heterocycles. The van der Waals surface area contributed by atoms with E-state index in [2.05, 4.69) is 121 Å². The molecule has 0 spiro atoms. The molecule has 19 rings (SSSR count). The second-order valence-corrected chi connectivity index (χ2v) is 18.8. The molecule has 2 atom stereocenters. The van der Waals surface area contributed by atoms with Gasteiger partial charge in [-0.05, 0) is 191 Å². The van der Waals surface area contributed by atoms with Crippen molar-refractivity contribution in [1.29, 1.82) is 0 Å². The standard InChI is InChI=1S/C60H32O6/c61-55-49-37-13-25-5-1-2-6-26(25)14-38(37)50(56(55)62)42-18-30-10-34-22-46-45(21-33(34)9-29(30)17-41(42)49)53-47-23-35-11-31-19-43-44(20-32(31)12-36(35)24-48(47)54(46)60(66)59(53)65)52-40-16-28-8-4-3-7-27(28)15-39(40)51(43)57(63)58(52)64/h1-24,29-30,61-66H. The molecule has 2 unspecified atom stereocenters. The third-order valence-electron chi connectivity index (χ3n) is 15.6. The van der Waals surface area contributed by atoms with Crippen LogP contribution in [0.3, 0.4) is 0 Å². The number of phenols is 12. The van der Waals surface area contributed by atoms with Gasteiger partial charge >= 0.3 is 0 Å². The van der Waals surface area contributed by atoms with Crippen molar-refractivity contribution in [1.82, 2.24) is 0 Å². The van der Waals surface area contributed by atoms with Gasteiger partial charge in [-0.3, -0.25) is 0 Å². The number of hydrogen-bond acceptors (Lipinski definition) is 6. The van der Waals surface area contributed by atoms with Crippen molar-refractivity contribution >= 4 is 154 Å². The Kier molecular flexibility index (Phi) is 5.95. The van der Waals surface area contributed by atoms with Crippen LogP contribution in [0.15, 0.2) is 121 Å². The highest BCUT2D eigenvalue weighted by molar-refractivity contribution is 6.36. The quantitative estimate of drug-likeness (QED) is 0.0668. The molecule has 2 aliphatic carbocycles. The van der Waals surface area contributed by atoms with Crippen LogP contribution in [0.4, 0.5) is 0 Å². The van der Waals surface area contributed by atoms with Crippen LogP contribution in [-0.2, 0) is 0 Å². The first-order valence-corrected chi connectivity index (χ1v) is 22.2. The lowest BCUT2D eigenvalue weighted by Gasteiger charge is -2.26. The maximum absolute atomic E-state index is 11.7. The first-order valence-electron chi connectivity index (χ1n) is 22.2. The summed E-state index contributed by atoms with van der Waals surface area (Å²) in [6.45, 7) is 0. The predicted octanol–water partition coefficient (Wildman–Crippen LogP) is 11.2. The van der Waals surface area contributed by atoms with E-state index in [0.717, 1.165) is 118 Å². The Morgan fingerprint density at radius 2 is 0.485 bits per heavy atom. The van der Waals surface area contributed by atoms with Gasteiger partial charge in [-0.15, -0.1) is 0 Å². The summed E-state index contributed by atoms with van der Waals surface area (Å²) in [5.74, 6) is -0.706. The van der Waals surface area contributed by atoms with Crippen LogP contribution in [0.5, 0.6) is 34.5 Å². The number of rotatable bonds is 0. The average molecular weight is 849 g/mol. The molecule has 66 heavy (non-hydrogen) atoms. The van der Waals surface area contributed by atoms with Gasteiger partial charge in [0, 0.05) is 44.2 Å². The van der Waals surface area contributed by atoms with Gasteiger partial charge < -0.3 is 30.6 Å². The molecule has 6 N–H and O–H groups in total. The highest BCUT2D eigenvalue weighted by Gasteiger charge is 2.28. The Morgan fingerprint density at radius 1 is 0.242 bits per heavy atom. The van der Waals surface area contributed by atoms with Crippen LogP contribution in [0, 0.1) is 11.8 Å². The van der Waals surface area contributed by atoms with Crippen molar-refractivity contribution in [3.05, 3.63) is 142 Å². The summed E-state index contributed by atoms with van der Waals surface area (Å²) in [6, 6.07) is 41.7. The predicted molar refractivity (Wildman–Crippen MR) is 270 cm³/mol. The van der Waals surface area contributed by atoms with E-state index in [1.165, 1.54) is 0 Å². The summed E-state index contributed by atoms with van der Waals surface area (Å²) in [5.41, 5.74) is 0. The van der Waals surface area contributed by atoms with Crippen LogP contribution >= 0.6 is 0 Å². The van der Waals surface area contributed by atoms with Crippen molar-refractivity contribution in [3.63, 3.8) is 0 Å². The Bertz CT molecular complexity index is 4640. The van der Waals surface area contributed by atoms with E-state index in [0.29, 0.717) is 32.3 Å². The Morgan fingerprint density at radius 3 is 0.788 bits per heavy atom. The zero-order valence-electron chi connectivity index (χ0n) is 34.7. The zero-order chi connectivity index (χ0) is 43.8. The molecular weight excluding hydrogens is 817 g/mol. The lowest BCUT2D eigenvalue weighted by Crippen LogP contribution is -2.39. The van der Waals surface area contributed by atoms with E-state index in [4.69, 9.17) is 0 Å². The maximum atomic E-state index is 11.7.